The summed E-state index contributed by atoms with van der Waals surface area (Å²) in [4.78, 5) is 24.9. The fourth-order valence-electron chi connectivity index (χ4n) is 3.47. The molecular weight excluding hydrogens is 376 g/mol. The third-order valence-corrected chi connectivity index (χ3v) is 4.92. The second-order valence-electron chi connectivity index (χ2n) is 6.82. The highest BCUT2D eigenvalue weighted by molar-refractivity contribution is 5.79. The van der Waals surface area contributed by atoms with Gasteiger partial charge in [0.1, 0.15) is 17.2 Å². The number of nitrogens with one attached hydrogen (secondary N) is 1. The lowest BCUT2D eigenvalue weighted by atomic mass is 10.2. The Kier molecular flexibility index (Phi) is 5.12. The largest absolute Gasteiger partial charge is 0.352 e. The molecule has 7 heteroatoms. The van der Waals surface area contributed by atoms with Crippen molar-refractivity contribution in [3.8, 4) is 0 Å². The number of benzene rings is 2. The number of aryl methyl sites for hydroxylation is 1. The summed E-state index contributed by atoms with van der Waals surface area (Å²) in [5, 5.41) is 2.68. The lowest BCUT2D eigenvalue weighted by Crippen LogP contribution is -2.26. The highest BCUT2D eigenvalue weighted by Gasteiger charge is 2.12. The van der Waals surface area contributed by atoms with Crippen LogP contribution in [-0.4, -0.2) is 14.9 Å². The van der Waals surface area contributed by atoms with E-state index in [0.717, 1.165) is 5.52 Å². The Morgan fingerprint density at radius 3 is 2.62 bits per heavy atom. The van der Waals surface area contributed by atoms with Gasteiger partial charge in [-0.15, -0.1) is 0 Å². The molecule has 4 aromatic rings. The molecule has 29 heavy (non-hydrogen) atoms. The van der Waals surface area contributed by atoms with Crippen LogP contribution in [0.25, 0.3) is 16.6 Å². The molecule has 1 N–H and O–H groups in total. The topological polar surface area (TPSA) is 55.5 Å². The molecule has 0 unspecified atom stereocenters. The Hall–Kier alpha value is -3.48. The van der Waals surface area contributed by atoms with E-state index in [4.69, 9.17) is 0 Å². The maximum atomic E-state index is 13.8. The first-order valence-corrected chi connectivity index (χ1v) is 9.34. The number of carbonyl (C=O) groups is 1. The van der Waals surface area contributed by atoms with Gasteiger partial charge in [0.2, 0.25) is 5.91 Å². The summed E-state index contributed by atoms with van der Waals surface area (Å²) in [7, 11) is 0. The monoisotopic (exact) mass is 395 g/mol. The van der Waals surface area contributed by atoms with Crippen LogP contribution in [0, 0.1) is 11.6 Å². The van der Waals surface area contributed by atoms with Gasteiger partial charge in [0.25, 0.3) is 5.56 Å². The Labute approximate surface area is 165 Å². The SMILES string of the molecule is O=C(CCCn1c(=O)c2cccn2c2ccc(F)cc21)NCc1ccccc1F. The van der Waals surface area contributed by atoms with Crippen molar-refractivity contribution in [3.05, 3.63) is 88.3 Å². The molecule has 0 radical (unpaired) electrons. The summed E-state index contributed by atoms with van der Waals surface area (Å²) >= 11 is 0. The minimum atomic E-state index is -0.431. The van der Waals surface area contributed by atoms with E-state index in [9.17, 15) is 18.4 Å². The van der Waals surface area contributed by atoms with Crippen LogP contribution >= 0.6 is 0 Å². The average molecular weight is 395 g/mol. The van der Waals surface area contributed by atoms with Crippen LogP contribution in [-0.2, 0) is 17.9 Å². The van der Waals surface area contributed by atoms with Gasteiger partial charge in [-0.1, -0.05) is 18.2 Å². The summed E-state index contributed by atoms with van der Waals surface area (Å²) in [6.07, 6.45) is 2.33. The highest BCUT2D eigenvalue weighted by Crippen LogP contribution is 2.17. The standard InChI is InChI=1S/C22H19F2N3O2/c23-16-9-10-18-20(13-16)27(22(29)19-7-3-11-26(18)19)12-4-8-21(28)25-14-15-5-1-2-6-17(15)24/h1-3,5-7,9-11,13H,4,8,12,14H2,(H,25,28). The van der Waals surface area contributed by atoms with Gasteiger partial charge in [-0.2, -0.15) is 0 Å². The summed E-state index contributed by atoms with van der Waals surface area (Å²) in [6.45, 7) is 0.378. The van der Waals surface area contributed by atoms with E-state index in [1.54, 1.807) is 47.0 Å². The van der Waals surface area contributed by atoms with Gasteiger partial charge in [-0.3, -0.25) is 9.59 Å². The summed E-state index contributed by atoms with van der Waals surface area (Å²) in [5.74, 6) is -1.03. The molecule has 0 bridgehead atoms. The molecule has 0 saturated heterocycles. The van der Waals surface area contributed by atoms with Gasteiger partial charge in [0, 0.05) is 31.3 Å². The number of hydrogen-bond donors (Lipinski definition) is 1. The summed E-state index contributed by atoms with van der Waals surface area (Å²) in [6, 6.07) is 14.0. The fourth-order valence-corrected chi connectivity index (χ4v) is 3.47. The maximum Gasteiger partial charge on any atom is 0.275 e. The summed E-state index contributed by atoms with van der Waals surface area (Å²) < 4.78 is 30.6. The zero-order chi connectivity index (χ0) is 20.4. The zero-order valence-corrected chi connectivity index (χ0v) is 15.6. The van der Waals surface area contributed by atoms with Gasteiger partial charge in [0.05, 0.1) is 11.0 Å². The first-order chi connectivity index (χ1) is 14.0. The molecule has 0 aliphatic heterocycles. The van der Waals surface area contributed by atoms with Gasteiger partial charge < -0.3 is 14.3 Å². The number of hydrogen-bond acceptors (Lipinski definition) is 2. The number of rotatable bonds is 6. The normalized spacial score (nSPS) is 11.2. The van der Waals surface area contributed by atoms with E-state index >= 15 is 0 Å². The number of nitrogens with zero attached hydrogens (tertiary/aromatic N) is 2. The molecule has 0 aliphatic rings. The molecule has 0 fully saturated rings. The third kappa shape index (κ3) is 3.76. The van der Waals surface area contributed by atoms with Gasteiger partial charge >= 0.3 is 0 Å². The van der Waals surface area contributed by atoms with Gasteiger partial charge in [0.15, 0.2) is 0 Å². The van der Waals surface area contributed by atoms with Crippen molar-refractivity contribution in [2.75, 3.05) is 0 Å². The second-order valence-corrected chi connectivity index (χ2v) is 6.82. The van der Waals surface area contributed by atoms with E-state index in [2.05, 4.69) is 5.32 Å². The molecule has 0 saturated carbocycles. The molecule has 2 aromatic carbocycles. The van der Waals surface area contributed by atoms with Crippen LogP contribution in [0.5, 0.6) is 0 Å². The quantitative estimate of drug-likeness (QED) is 0.542. The van der Waals surface area contributed by atoms with Crippen molar-refractivity contribution < 1.29 is 13.6 Å². The van der Waals surface area contributed by atoms with Crippen molar-refractivity contribution in [1.29, 1.82) is 0 Å². The Balaban J connectivity index is 1.48. The molecule has 148 valence electrons. The van der Waals surface area contributed by atoms with Crippen LogP contribution in [0.3, 0.4) is 0 Å². The Morgan fingerprint density at radius 1 is 0.966 bits per heavy atom. The molecule has 0 atom stereocenters. The third-order valence-electron chi connectivity index (χ3n) is 4.92. The van der Waals surface area contributed by atoms with Crippen molar-refractivity contribution in [1.82, 2.24) is 14.3 Å². The van der Waals surface area contributed by atoms with Crippen LogP contribution in [0.2, 0.25) is 0 Å². The maximum absolute atomic E-state index is 13.8. The fraction of sp³-hybridized carbons (Fsp3) is 0.182. The summed E-state index contributed by atoms with van der Waals surface area (Å²) in [5.41, 5.74) is 1.87. The number of amides is 1. The molecule has 4 rings (SSSR count). The van der Waals surface area contributed by atoms with Crippen molar-refractivity contribution in [2.45, 2.75) is 25.9 Å². The molecule has 5 nitrogen and oxygen atoms in total. The van der Waals surface area contributed by atoms with Crippen molar-refractivity contribution in [3.63, 3.8) is 0 Å². The number of halogens is 2. The van der Waals surface area contributed by atoms with Crippen molar-refractivity contribution in [2.24, 2.45) is 0 Å². The van der Waals surface area contributed by atoms with Gasteiger partial charge in [-0.25, -0.2) is 8.78 Å². The smallest absolute Gasteiger partial charge is 0.275 e. The minimum Gasteiger partial charge on any atom is -0.352 e. The number of fused-ring (bicyclic) bond motifs is 3. The number of carbonyl (C=O) groups excluding carboxylic acids is 1. The van der Waals surface area contributed by atoms with Crippen LogP contribution < -0.4 is 10.9 Å². The Morgan fingerprint density at radius 2 is 1.79 bits per heavy atom. The second kappa shape index (κ2) is 7.87. The molecule has 0 spiro atoms. The molecule has 2 heterocycles. The van der Waals surface area contributed by atoms with E-state index in [-0.39, 0.29) is 36.8 Å². The average Bonchev–Trinajstić information content (AvgIpc) is 3.20. The van der Waals surface area contributed by atoms with E-state index in [0.29, 0.717) is 23.0 Å². The molecule has 1 amide bonds. The van der Waals surface area contributed by atoms with Crippen LogP contribution in [0.15, 0.2) is 65.6 Å². The number of aromatic nitrogens is 2. The Bertz CT molecular complexity index is 1260. The van der Waals surface area contributed by atoms with E-state index < -0.39 is 5.82 Å². The highest BCUT2D eigenvalue weighted by atomic mass is 19.1. The lowest BCUT2D eigenvalue weighted by molar-refractivity contribution is -0.121. The predicted molar refractivity (Wildman–Crippen MR) is 107 cm³/mol. The van der Waals surface area contributed by atoms with E-state index in [1.165, 1.54) is 22.8 Å². The van der Waals surface area contributed by atoms with Crippen LogP contribution in [0.1, 0.15) is 18.4 Å². The van der Waals surface area contributed by atoms with Crippen LogP contribution in [0.4, 0.5) is 8.78 Å². The lowest BCUT2D eigenvalue weighted by Gasteiger charge is -2.13. The minimum absolute atomic E-state index is 0.107. The first kappa shape index (κ1) is 18.9. The first-order valence-electron chi connectivity index (χ1n) is 9.34. The van der Waals surface area contributed by atoms with E-state index in [1.807, 2.05) is 0 Å². The predicted octanol–water partition coefficient (Wildman–Crippen LogP) is 3.63. The van der Waals surface area contributed by atoms with Gasteiger partial charge in [-0.05, 0) is 42.8 Å². The van der Waals surface area contributed by atoms with Crippen molar-refractivity contribution >= 4 is 22.5 Å². The molecule has 0 aliphatic carbocycles. The molecular formula is C22H19F2N3O2. The molecule has 2 aromatic heterocycles. The zero-order valence-electron chi connectivity index (χ0n) is 15.6.